The molecule has 136 valence electrons. The average Bonchev–Trinajstić information content (AvgIpc) is 3.15. The van der Waals surface area contributed by atoms with Crippen molar-refractivity contribution in [2.45, 2.75) is 25.3 Å². The Balaban J connectivity index is 1.56. The fraction of sp³-hybridized carbons (Fsp3) is 0.333. The molecule has 2 atom stereocenters. The van der Waals surface area contributed by atoms with Crippen molar-refractivity contribution in [2.24, 2.45) is 11.7 Å². The van der Waals surface area contributed by atoms with Crippen LogP contribution in [0.25, 0.3) is 6.08 Å². The van der Waals surface area contributed by atoms with Gasteiger partial charge in [0.15, 0.2) is 0 Å². The Morgan fingerprint density at radius 1 is 1.38 bits per heavy atom. The number of carbonyl (C=O) groups is 3. The average molecular weight is 357 g/mol. The Morgan fingerprint density at radius 3 is 2.85 bits per heavy atom. The number of hydrogen-bond donors (Lipinski definition) is 4. The number of aliphatic carboxylic acids is 1. The number of nitrogens with two attached hydrogens (primary N) is 1. The van der Waals surface area contributed by atoms with Crippen LogP contribution in [0, 0.1) is 11.3 Å². The molecule has 1 aliphatic heterocycles. The van der Waals surface area contributed by atoms with Gasteiger partial charge in [0.1, 0.15) is 12.4 Å². The Morgan fingerprint density at radius 2 is 2.15 bits per heavy atom. The predicted molar refractivity (Wildman–Crippen MR) is 92.4 cm³/mol. The van der Waals surface area contributed by atoms with Crippen LogP contribution in [0.15, 0.2) is 23.8 Å². The summed E-state index contributed by atoms with van der Waals surface area (Å²) < 4.78 is 5.28. The second-order valence-corrected chi connectivity index (χ2v) is 6.51. The maximum absolute atomic E-state index is 12.3. The number of benzene rings is 1. The van der Waals surface area contributed by atoms with Crippen molar-refractivity contribution in [3.8, 4) is 0 Å². The third kappa shape index (κ3) is 3.74. The number of rotatable bonds is 6. The number of nitrogen functional groups attached to an aromatic ring is 1. The molecule has 2 aliphatic rings. The highest BCUT2D eigenvalue weighted by molar-refractivity contribution is 5.99. The molecule has 1 aromatic rings. The number of carboxylic acid groups (broad SMARTS) is 1. The number of amides is 1. The van der Waals surface area contributed by atoms with Crippen molar-refractivity contribution in [3.63, 3.8) is 0 Å². The van der Waals surface area contributed by atoms with Crippen LogP contribution in [0.5, 0.6) is 0 Å². The highest BCUT2D eigenvalue weighted by Crippen LogP contribution is 2.27. The number of amidine groups is 1. The maximum atomic E-state index is 12.3. The highest BCUT2D eigenvalue weighted by atomic mass is 16.5. The minimum absolute atomic E-state index is 0.00702. The number of carboxylic acids is 1. The molecule has 0 radical (unpaired) electrons. The Hall–Kier alpha value is -3.16. The van der Waals surface area contributed by atoms with Crippen LogP contribution in [0.3, 0.4) is 0 Å². The molecule has 0 bridgehead atoms. The first-order valence-electron chi connectivity index (χ1n) is 8.20. The lowest BCUT2D eigenvalue weighted by Gasteiger charge is -2.11. The lowest BCUT2D eigenvalue weighted by atomic mass is 10.0. The van der Waals surface area contributed by atoms with Crippen molar-refractivity contribution >= 4 is 29.8 Å². The van der Waals surface area contributed by atoms with Gasteiger partial charge in [0.05, 0.1) is 18.4 Å². The molecule has 2 unspecified atom stereocenters. The van der Waals surface area contributed by atoms with Gasteiger partial charge in [-0.2, -0.15) is 0 Å². The fourth-order valence-corrected chi connectivity index (χ4v) is 3.23. The Labute approximate surface area is 149 Å². The first-order chi connectivity index (χ1) is 12.3. The molecule has 0 aromatic heterocycles. The summed E-state index contributed by atoms with van der Waals surface area (Å²) in [7, 11) is 0. The van der Waals surface area contributed by atoms with Gasteiger partial charge in [-0.15, -0.1) is 0 Å². The molecule has 1 heterocycles. The Kier molecular flexibility index (Phi) is 4.75. The van der Waals surface area contributed by atoms with Gasteiger partial charge in [0.25, 0.3) is 0 Å². The van der Waals surface area contributed by atoms with Crippen molar-refractivity contribution in [3.05, 3.63) is 40.5 Å². The molecule has 1 amide bonds. The van der Waals surface area contributed by atoms with Gasteiger partial charge in [0.2, 0.25) is 5.91 Å². The van der Waals surface area contributed by atoms with Gasteiger partial charge in [0, 0.05) is 17.6 Å². The molecular formula is C18H19N3O5. The molecule has 0 spiro atoms. The third-order valence-electron chi connectivity index (χ3n) is 4.55. The van der Waals surface area contributed by atoms with E-state index in [0.29, 0.717) is 24.0 Å². The molecule has 1 fully saturated rings. The van der Waals surface area contributed by atoms with Gasteiger partial charge >= 0.3 is 11.9 Å². The quantitative estimate of drug-likeness (QED) is 0.330. The number of carbonyl (C=O) groups excluding carboxylic acids is 2. The number of esters is 1. The van der Waals surface area contributed by atoms with Gasteiger partial charge in [-0.1, -0.05) is 12.1 Å². The van der Waals surface area contributed by atoms with E-state index in [1.807, 2.05) is 6.07 Å². The van der Waals surface area contributed by atoms with Gasteiger partial charge < -0.3 is 20.9 Å². The second-order valence-electron chi connectivity index (χ2n) is 6.51. The van der Waals surface area contributed by atoms with Crippen molar-refractivity contribution < 1.29 is 24.2 Å². The topological polar surface area (TPSA) is 143 Å². The minimum atomic E-state index is -1.03. The summed E-state index contributed by atoms with van der Waals surface area (Å²) in [6.45, 7) is 0.00702. The summed E-state index contributed by atoms with van der Waals surface area (Å²) in [5.74, 6) is -2.44. The zero-order valence-corrected chi connectivity index (χ0v) is 14.0. The lowest BCUT2D eigenvalue weighted by molar-refractivity contribution is -0.140. The first kappa shape index (κ1) is 17.7. The minimum Gasteiger partial charge on any atom is -0.481 e. The molecule has 1 aliphatic carbocycles. The van der Waals surface area contributed by atoms with Gasteiger partial charge in [-0.25, -0.2) is 4.79 Å². The largest absolute Gasteiger partial charge is 0.481 e. The predicted octanol–water partition coefficient (Wildman–Crippen LogP) is 0.433. The summed E-state index contributed by atoms with van der Waals surface area (Å²) in [5, 5.41) is 18.9. The van der Waals surface area contributed by atoms with E-state index in [4.69, 9.17) is 21.0 Å². The number of hydrogen-bond acceptors (Lipinski definition) is 5. The highest BCUT2D eigenvalue weighted by Gasteiger charge is 2.34. The molecular weight excluding hydrogens is 338 g/mol. The van der Waals surface area contributed by atoms with E-state index in [-0.39, 0.29) is 30.8 Å². The van der Waals surface area contributed by atoms with Gasteiger partial charge in [-0.05, 0) is 29.7 Å². The van der Waals surface area contributed by atoms with E-state index < -0.39 is 17.9 Å². The smallest absolute Gasteiger partial charge is 0.334 e. The Bertz CT molecular complexity index is 830. The second kappa shape index (κ2) is 6.99. The number of nitrogens with one attached hydrogen (secondary N) is 2. The van der Waals surface area contributed by atoms with Crippen molar-refractivity contribution in [1.82, 2.24) is 5.32 Å². The van der Waals surface area contributed by atoms with E-state index >= 15 is 0 Å². The van der Waals surface area contributed by atoms with E-state index in [1.54, 1.807) is 18.2 Å². The van der Waals surface area contributed by atoms with E-state index in [9.17, 15) is 14.4 Å². The van der Waals surface area contributed by atoms with Crippen LogP contribution < -0.4 is 11.1 Å². The third-order valence-corrected chi connectivity index (χ3v) is 4.55. The summed E-state index contributed by atoms with van der Waals surface area (Å²) in [4.78, 5) is 34.7. The lowest BCUT2D eigenvalue weighted by Crippen LogP contribution is -2.31. The van der Waals surface area contributed by atoms with Gasteiger partial charge in [-0.3, -0.25) is 15.0 Å². The maximum Gasteiger partial charge on any atom is 0.334 e. The van der Waals surface area contributed by atoms with E-state index in [0.717, 1.165) is 11.1 Å². The van der Waals surface area contributed by atoms with Crippen molar-refractivity contribution in [2.75, 3.05) is 6.61 Å². The first-order valence-corrected chi connectivity index (χ1v) is 8.20. The summed E-state index contributed by atoms with van der Waals surface area (Å²) in [6.07, 6.45) is 2.25. The van der Waals surface area contributed by atoms with Crippen LogP contribution >= 0.6 is 0 Å². The SMILES string of the molecule is N=C(N)c1ccc2c(c1)C=C(C(=O)OCC1CC(CC(=O)O)C(=O)N1)C2. The summed E-state index contributed by atoms with van der Waals surface area (Å²) >= 11 is 0. The van der Waals surface area contributed by atoms with E-state index in [1.165, 1.54) is 0 Å². The molecule has 5 N–H and O–H groups in total. The molecule has 1 saturated heterocycles. The van der Waals surface area contributed by atoms with Crippen molar-refractivity contribution in [1.29, 1.82) is 5.41 Å². The fourth-order valence-electron chi connectivity index (χ4n) is 3.23. The van der Waals surface area contributed by atoms with Crippen LogP contribution in [0.4, 0.5) is 0 Å². The van der Waals surface area contributed by atoms with Crippen LogP contribution in [0.2, 0.25) is 0 Å². The molecule has 8 nitrogen and oxygen atoms in total. The van der Waals surface area contributed by atoms with Crippen LogP contribution in [0.1, 0.15) is 29.5 Å². The molecule has 1 aromatic carbocycles. The van der Waals surface area contributed by atoms with E-state index in [2.05, 4.69) is 5.32 Å². The summed E-state index contributed by atoms with van der Waals surface area (Å²) in [5.41, 5.74) is 8.35. The molecule has 3 rings (SSSR count). The molecule has 8 heteroatoms. The zero-order valence-electron chi connectivity index (χ0n) is 14.0. The van der Waals surface area contributed by atoms with Crippen LogP contribution in [-0.4, -0.2) is 41.4 Å². The standard InChI is InChI=1S/C18H19N3O5/c19-16(20)10-2-1-9-3-13(5-11(9)4-10)18(25)26-8-14-6-12(7-15(22)23)17(24)21-14/h1-2,4-5,12,14H,3,6-8H2,(H3,19,20)(H,21,24)(H,22,23). The monoisotopic (exact) mass is 357 g/mol. The molecule has 26 heavy (non-hydrogen) atoms. The normalized spacial score (nSPS) is 20.9. The number of ether oxygens (including phenoxy) is 1. The number of fused-ring (bicyclic) bond motifs is 1. The van der Waals surface area contributed by atoms with Crippen LogP contribution in [-0.2, 0) is 25.5 Å². The zero-order chi connectivity index (χ0) is 18.8. The summed E-state index contributed by atoms with van der Waals surface area (Å²) in [6, 6.07) is 4.95. The molecule has 0 saturated carbocycles.